The van der Waals surface area contributed by atoms with E-state index in [0.29, 0.717) is 28.7 Å². The zero-order valence-corrected chi connectivity index (χ0v) is 15.1. The zero-order valence-electron chi connectivity index (χ0n) is 14.3. The predicted octanol–water partition coefficient (Wildman–Crippen LogP) is 2.60. The van der Waals surface area contributed by atoms with Crippen LogP contribution in [0.5, 0.6) is 0 Å². The van der Waals surface area contributed by atoms with E-state index in [9.17, 15) is 4.79 Å². The monoisotopic (exact) mass is 359 g/mol. The Balaban J connectivity index is 1.41. The molecule has 25 heavy (non-hydrogen) atoms. The van der Waals surface area contributed by atoms with Crippen molar-refractivity contribution in [3.63, 3.8) is 0 Å². The highest BCUT2D eigenvalue weighted by Gasteiger charge is 2.22. The molecule has 1 aliphatic rings. The van der Waals surface area contributed by atoms with Crippen LogP contribution in [0.2, 0.25) is 0 Å². The standard InChI is InChI=1S/C18H21N3O3S/c1-11-16(12(2)24-21-11)17(22)23-10-9-19-18(25)20-15-8-7-13-5-3-4-6-14(13)15/h3-6,15H,7-10H2,1-2H3,(H2,19,20,25). The number of hydrogen-bond donors (Lipinski definition) is 2. The molecule has 0 bridgehead atoms. The van der Waals surface area contributed by atoms with Crippen molar-refractivity contribution in [3.05, 3.63) is 52.4 Å². The molecule has 1 aromatic heterocycles. The summed E-state index contributed by atoms with van der Waals surface area (Å²) in [6.45, 7) is 4.05. The van der Waals surface area contributed by atoms with Crippen molar-refractivity contribution >= 4 is 23.3 Å². The Morgan fingerprint density at radius 3 is 2.96 bits per heavy atom. The number of fused-ring (bicyclic) bond motifs is 1. The number of esters is 1. The van der Waals surface area contributed by atoms with Crippen LogP contribution < -0.4 is 10.6 Å². The number of carbonyl (C=O) groups is 1. The van der Waals surface area contributed by atoms with E-state index in [0.717, 1.165) is 12.8 Å². The first kappa shape index (κ1) is 17.4. The quantitative estimate of drug-likeness (QED) is 0.483. The van der Waals surface area contributed by atoms with Crippen LogP contribution in [-0.4, -0.2) is 29.4 Å². The molecule has 132 valence electrons. The van der Waals surface area contributed by atoms with E-state index in [1.807, 2.05) is 6.07 Å². The molecule has 1 atom stereocenters. The third-order valence-electron chi connectivity index (χ3n) is 4.30. The summed E-state index contributed by atoms with van der Waals surface area (Å²) in [6, 6.07) is 8.63. The Labute approximate surface area is 151 Å². The van der Waals surface area contributed by atoms with Crippen LogP contribution in [0.1, 0.15) is 45.4 Å². The maximum absolute atomic E-state index is 12.0. The van der Waals surface area contributed by atoms with Gasteiger partial charge in [-0.3, -0.25) is 0 Å². The SMILES string of the molecule is Cc1noc(C)c1C(=O)OCCNC(=S)NC1CCc2ccccc21. The Hall–Kier alpha value is -2.41. The average Bonchev–Trinajstić information content (AvgIpc) is 3.15. The summed E-state index contributed by atoms with van der Waals surface area (Å²) in [5.41, 5.74) is 3.60. The molecule has 0 amide bonds. The number of nitrogens with zero attached hydrogens (tertiary/aromatic N) is 1. The molecule has 0 fully saturated rings. The molecule has 1 aliphatic carbocycles. The number of rotatable bonds is 5. The van der Waals surface area contributed by atoms with Crippen molar-refractivity contribution in [1.29, 1.82) is 0 Å². The van der Waals surface area contributed by atoms with Crippen molar-refractivity contribution in [3.8, 4) is 0 Å². The van der Waals surface area contributed by atoms with E-state index in [1.165, 1.54) is 11.1 Å². The molecule has 1 unspecified atom stereocenters. The third kappa shape index (κ3) is 3.99. The number of thiocarbonyl (C=S) groups is 1. The molecule has 2 aromatic rings. The molecule has 0 saturated heterocycles. The summed E-state index contributed by atoms with van der Waals surface area (Å²) in [6.07, 6.45) is 2.09. The van der Waals surface area contributed by atoms with Crippen LogP contribution in [0, 0.1) is 13.8 Å². The van der Waals surface area contributed by atoms with Gasteiger partial charge in [0.05, 0.1) is 18.3 Å². The zero-order chi connectivity index (χ0) is 17.8. The molecule has 0 saturated carbocycles. The van der Waals surface area contributed by atoms with Crippen molar-refractivity contribution in [1.82, 2.24) is 15.8 Å². The predicted molar refractivity (Wildman–Crippen MR) is 97.5 cm³/mol. The summed E-state index contributed by atoms with van der Waals surface area (Å²) < 4.78 is 10.2. The first-order valence-corrected chi connectivity index (χ1v) is 8.69. The highest BCUT2D eigenvalue weighted by molar-refractivity contribution is 7.80. The molecule has 6 nitrogen and oxygen atoms in total. The van der Waals surface area contributed by atoms with Gasteiger partial charge in [0, 0.05) is 0 Å². The van der Waals surface area contributed by atoms with Crippen molar-refractivity contribution in [2.75, 3.05) is 13.2 Å². The van der Waals surface area contributed by atoms with Crippen LogP contribution in [-0.2, 0) is 11.2 Å². The van der Waals surface area contributed by atoms with Crippen molar-refractivity contribution in [2.45, 2.75) is 32.7 Å². The van der Waals surface area contributed by atoms with Gasteiger partial charge >= 0.3 is 5.97 Å². The Morgan fingerprint density at radius 1 is 1.40 bits per heavy atom. The highest BCUT2D eigenvalue weighted by Crippen LogP contribution is 2.30. The molecule has 1 aromatic carbocycles. The van der Waals surface area contributed by atoms with E-state index >= 15 is 0 Å². The average molecular weight is 359 g/mol. The van der Waals surface area contributed by atoms with Gasteiger partial charge < -0.3 is 19.9 Å². The fourth-order valence-electron chi connectivity index (χ4n) is 3.07. The van der Waals surface area contributed by atoms with Gasteiger partial charge in [0.1, 0.15) is 17.9 Å². The van der Waals surface area contributed by atoms with E-state index in [-0.39, 0.29) is 12.6 Å². The summed E-state index contributed by atoms with van der Waals surface area (Å²) >= 11 is 5.33. The van der Waals surface area contributed by atoms with E-state index in [1.54, 1.807) is 13.8 Å². The number of hydrogen-bond acceptors (Lipinski definition) is 5. The van der Waals surface area contributed by atoms with Gasteiger partial charge in [0.25, 0.3) is 0 Å². The topological polar surface area (TPSA) is 76.4 Å². The Kier molecular flexibility index (Phi) is 5.33. The number of benzene rings is 1. The van der Waals surface area contributed by atoms with E-state index in [2.05, 4.69) is 34.0 Å². The lowest BCUT2D eigenvalue weighted by atomic mass is 10.1. The molecule has 7 heteroatoms. The minimum absolute atomic E-state index is 0.214. The number of carbonyl (C=O) groups excluding carboxylic acids is 1. The van der Waals surface area contributed by atoms with Gasteiger partial charge in [0.15, 0.2) is 5.11 Å². The van der Waals surface area contributed by atoms with E-state index in [4.69, 9.17) is 21.5 Å². The second kappa shape index (κ2) is 7.65. The molecule has 0 radical (unpaired) electrons. The van der Waals surface area contributed by atoms with Gasteiger partial charge in [-0.25, -0.2) is 4.79 Å². The van der Waals surface area contributed by atoms with Crippen LogP contribution in [0.3, 0.4) is 0 Å². The molecule has 3 rings (SSSR count). The third-order valence-corrected chi connectivity index (χ3v) is 4.56. The molecule has 0 spiro atoms. The number of nitrogens with one attached hydrogen (secondary N) is 2. The van der Waals surface area contributed by atoms with Gasteiger partial charge in [-0.1, -0.05) is 29.4 Å². The van der Waals surface area contributed by atoms with Crippen LogP contribution in [0.25, 0.3) is 0 Å². The lowest BCUT2D eigenvalue weighted by Crippen LogP contribution is -2.38. The minimum atomic E-state index is -0.429. The number of ether oxygens (including phenoxy) is 1. The smallest absolute Gasteiger partial charge is 0.343 e. The molecule has 0 aliphatic heterocycles. The molecular formula is C18H21N3O3S. The number of aromatic nitrogens is 1. The van der Waals surface area contributed by atoms with Crippen molar-refractivity contribution < 1.29 is 14.1 Å². The van der Waals surface area contributed by atoms with Gasteiger partial charge in [0.2, 0.25) is 0 Å². The largest absolute Gasteiger partial charge is 0.460 e. The summed E-state index contributed by atoms with van der Waals surface area (Å²) in [7, 11) is 0. The van der Waals surface area contributed by atoms with Gasteiger partial charge in [-0.05, 0) is 50.0 Å². The maximum atomic E-state index is 12.0. The lowest BCUT2D eigenvalue weighted by molar-refractivity contribution is 0.0510. The second-order valence-corrected chi connectivity index (χ2v) is 6.43. The Morgan fingerprint density at radius 2 is 2.20 bits per heavy atom. The fraction of sp³-hybridized carbons (Fsp3) is 0.389. The first-order chi connectivity index (χ1) is 12.1. The Bertz CT molecular complexity index is 768. The van der Waals surface area contributed by atoms with Crippen LogP contribution >= 0.6 is 12.2 Å². The van der Waals surface area contributed by atoms with Crippen LogP contribution in [0.15, 0.2) is 28.8 Å². The summed E-state index contributed by atoms with van der Waals surface area (Å²) in [4.78, 5) is 12.0. The fourth-order valence-corrected chi connectivity index (χ4v) is 3.32. The molecule has 1 heterocycles. The second-order valence-electron chi connectivity index (χ2n) is 6.03. The number of aryl methyl sites for hydroxylation is 3. The van der Waals surface area contributed by atoms with Gasteiger partial charge in [-0.2, -0.15) is 0 Å². The highest BCUT2D eigenvalue weighted by atomic mass is 32.1. The maximum Gasteiger partial charge on any atom is 0.343 e. The molecule has 2 N–H and O–H groups in total. The normalized spacial score (nSPS) is 15.5. The lowest BCUT2D eigenvalue weighted by Gasteiger charge is -2.17. The molecular weight excluding hydrogens is 338 g/mol. The minimum Gasteiger partial charge on any atom is -0.460 e. The summed E-state index contributed by atoms with van der Waals surface area (Å²) in [5, 5.41) is 10.7. The van der Waals surface area contributed by atoms with Crippen LogP contribution in [0.4, 0.5) is 0 Å². The van der Waals surface area contributed by atoms with Gasteiger partial charge in [-0.15, -0.1) is 0 Å². The van der Waals surface area contributed by atoms with Crippen molar-refractivity contribution in [2.24, 2.45) is 0 Å². The first-order valence-electron chi connectivity index (χ1n) is 8.28. The summed E-state index contributed by atoms with van der Waals surface area (Å²) in [5.74, 6) is 0.0363. The van der Waals surface area contributed by atoms with E-state index < -0.39 is 5.97 Å².